The number of amides is 2. The van der Waals surface area contributed by atoms with Crippen LogP contribution in [-0.2, 0) is 24.9 Å². The normalized spacial score (nSPS) is 13.8. The van der Waals surface area contributed by atoms with E-state index in [0.717, 1.165) is 30.0 Å². The molecular formula is C21H26N7O3+. The minimum atomic E-state index is -0.293. The van der Waals surface area contributed by atoms with Crippen molar-refractivity contribution in [1.82, 2.24) is 25.1 Å². The first-order valence-electron chi connectivity index (χ1n) is 10.1. The van der Waals surface area contributed by atoms with Crippen LogP contribution in [0.25, 0.3) is 11.4 Å². The minimum Gasteiger partial charge on any atom is -0.441 e. The van der Waals surface area contributed by atoms with E-state index in [2.05, 4.69) is 25.6 Å². The number of morpholine rings is 1. The average molecular weight is 424 g/mol. The summed E-state index contributed by atoms with van der Waals surface area (Å²) in [5.41, 5.74) is 3.09. The molecule has 10 heteroatoms. The molecule has 1 saturated heterocycles. The molecular weight excluding hydrogens is 398 g/mol. The first-order chi connectivity index (χ1) is 15.1. The van der Waals surface area contributed by atoms with Crippen molar-refractivity contribution in [3.8, 4) is 11.4 Å². The topological polar surface area (TPSA) is 120 Å². The van der Waals surface area contributed by atoms with Crippen molar-refractivity contribution < 1.29 is 14.6 Å². The molecule has 0 bridgehead atoms. The van der Waals surface area contributed by atoms with Crippen LogP contribution in [-0.4, -0.2) is 57.2 Å². The van der Waals surface area contributed by atoms with E-state index >= 15 is 0 Å². The lowest BCUT2D eigenvalue weighted by Crippen LogP contribution is -2.37. The average Bonchev–Trinajstić information content (AvgIpc) is 3.23. The Morgan fingerprint density at radius 2 is 1.97 bits per heavy atom. The number of rotatable bonds is 6. The Kier molecular flexibility index (Phi) is 6.39. The van der Waals surface area contributed by atoms with E-state index in [4.69, 9.17) is 14.8 Å². The summed E-state index contributed by atoms with van der Waals surface area (Å²) in [6.45, 7) is 3.35. The van der Waals surface area contributed by atoms with Crippen LogP contribution in [0.15, 0.2) is 42.7 Å². The summed E-state index contributed by atoms with van der Waals surface area (Å²) >= 11 is 0. The summed E-state index contributed by atoms with van der Waals surface area (Å²) in [5.74, 6) is 1.38. The highest BCUT2D eigenvalue weighted by Crippen LogP contribution is 2.23. The van der Waals surface area contributed by atoms with E-state index in [1.165, 1.54) is 0 Å². The van der Waals surface area contributed by atoms with Crippen LogP contribution in [0.4, 0.5) is 16.3 Å². The van der Waals surface area contributed by atoms with Gasteiger partial charge >= 0.3 is 6.03 Å². The van der Waals surface area contributed by atoms with Gasteiger partial charge in [-0.3, -0.25) is 4.68 Å². The molecule has 162 valence electrons. The number of anilines is 2. The number of nitrogens with zero attached hydrogens (tertiary/aromatic N) is 5. The van der Waals surface area contributed by atoms with E-state index in [9.17, 15) is 4.79 Å². The van der Waals surface area contributed by atoms with Gasteiger partial charge in [0, 0.05) is 55.8 Å². The Morgan fingerprint density at radius 1 is 1.19 bits per heavy atom. The first-order valence-corrected chi connectivity index (χ1v) is 10.1. The summed E-state index contributed by atoms with van der Waals surface area (Å²) in [6, 6.07) is 8.92. The maximum atomic E-state index is 12.1. The highest BCUT2D eigenvalue weighted by molar-refractivity contribution is 5.89. The number of nitrogens with one attached hydrogen (secondary N) is 2. The molecule has 31 heavy (non-hydrogen) atoms. The molecule has 0 radical (unpaired) electrons. The second-order valence-corrected chi connectivity index (χ2v) is 7.22. The van der Waals surface area contributed by atoms with Gasteiger partial charge in [-0.25, -0.2) is 14.8 Å². The van der Waals surface area contributed by atoms with Gasteiger partial charge in [0.1, 0.15) is 11.5 Å². The number of urea groups is 1. The predicted octanol–water partition coefficient (Wildman–Crippen LogP) is 1.26. The molecule has 0 aliphatic carbocycles. The minimum absolute atomic E-state index is 0.0869. The summed E-state index contributed by atoms with van der Waals surface area (Å²) < 4.78 is 7.11. The van der Waals surface area contributed by atoms with Crippen molar-refractivity contribution in [3.05, 3.63) is 54.0 Å². The van der Waals surface area contributed by atoms with Gasteiger partial charge in [0.05, 0.1) is 19.4 Å². The molecule has 1 aliphatic heterocycles. The zero-order chi connectivity index (χ0) is 21.6. The Hall–Kier alpha value is -3.50. The van der Waals surface area contributed by atoms with E-state index in [-0.39, 0.29) is 12.6 Å². The summed E-state index contributed by atoms with van der Waals surface area (Å²) in [5, 5.41) is 17.4. The first kappa shape index (κ1) is 20.8. The standard InChI is InChI=1S/C21H25N7O3/c1-27-13-15(12-23-27)11-22-21(30)25-17-4-2-16(3-5-17)20-24-18(14-29)10-19(26-20)28-6-8-31-9-7-28/h2-5,10,12-13,29H,6-9,11,14H2,1H3,(H2,22,25,30)/p+1. The van der Waals surface area contributed by atoms with Crippen molar-refractivity contribution in [3.63, 3.8) is 0 Å². The lowest BCUT2D eigenvalue weighted by Gasteiger charge is -2.28. The molecule has 3 heterocycles. The van der Waals surface area contributed by atoms with Crippen LogP contribution < -0.4 is 15.5 Å². The molecule has 0 saturated carbocycles. The van der Waals surface area contributed by atoms with Crippen LogP contribution in [0, 0.1) is 0 Å². The molecule has 4 rings (SSSR count). The molecule has 2 amide bonds. The maximum Gasteiger partial charge on any atom is 0.319 e. The van der Waals surface area contributed by atoms with Gasteiger partial charge in [-0.05, 0) is 24.3 Å². The van der Waals surface area contributed by atoms with Gasteiger partial charge in [-0.2, -0.15) is 5.10 Å². The lowest BCUT2D eigenvalue weighted by molar-refractivity contribution is 0.122. The molecule has 0 spiro atoms. The molecule has 1 aromatic carbocycles. The van der Waals surface area contributed by atoms with Crippen molar-refractivity contribution in [2.75, 3.05) is 36.5 Å². The van der Waals surface area contributed by atoms with Crippen LogP contribution in [0.1, 0.15) is 11.3 Å². The number of carbonyl (C=O) groups is 1. The fourth-order valence-electron chi connectivity index (χ4n) is 3.28. The second-order valence-electron chi connectivity index (χ2n) is 7.22. The van der Waals surface area contributed by atoms with Gasteiger partial charge in [-0.1, -0.05) is 0 Å². The number of aromatic nitrogens is 4. The molecule has 1 aliphatic rings. The molecule has 4 N–H and O–H groups in total. The number of benzene rings is 1. The third kappa shape index (κ3) is 5.36. The van der Waals surface area contributed by atoms with E-state index in [1.807, 2.05) is 43.6 Å². The molecule has 1 fully saturated rings. The van der Waals surface area contributed by atoms with Crippen molar-refractivity contribution in [2.45, 2.75) is 13.2 Å². The van der Waals surface area contributed by atoms with Crippen molar-refractivity contribution in [2.24, 2.45) is 7.05 Å². The molecule has 3 aromatic rings. The monoisotopic (exact) mass is 424 g/mol. The van der Waals surface area contributed by atoms with Crippen LogP contribution in [0.5, 0.6) is 0 Å². The SMILES string of the molecule is Cn1cc(CNC(=O)Nc2ccc(-c3nc(C[OH2+])cc(N4CCOCC4)n3)cc2)cn1. The van der Waals surface area contributed by atoms with E-state index < -0.39 is 0 Å². The maximum absolute atomic E-state index is 12.1. The summed E-state index contributed by atoms with van der Waals surface area (Å²) in [7, 11) is 1.83. The van der Waals surface area contributed by atoms with Crippen LogP contribution in [0.2, 0.25) is 0 Å². The fraction of sp³-hybridized carbons (Fsp3) is 0.333. The molecule has 0 unspecified atom stereocenters. The van der Waals surface area contributed by atoms with Crippen LogP contribution >= 0.6 is 0 Å². The number of hydrogen-bond acceptors (Lipinski definition) is 6. The quantitative estimate of drug-likeness (QED) is 0.575. The van der Waals surface area contributed by atoms with Gasteiger partial charge in [0.25, 0.3) is 0 Å². The van der Waals surface area contributed by atoms with Gasteiger partial charge in [0.2, 0.25) is 0 Å². The van der Waals surface area contributed by atoms with Gasteiger partial charge in [0.15, 0.2) is 12.4 Å². The van der Waals surface area contributed by atoms with Gasteiger partial charge < -0.3 is 25.4 Å². The summed E-state index contributed by atoms with van der Waals surface area (Å²) in [4.78, 5) is 23.5. The Bertz CT molecular complexity index is 1030. The predicted molar refractivity (Wildman–Crippen MR) is 117 cm³/mol. The largest absolute Gasteiger partial charge is 0.441 e. The van der Waals surface area contributed by atoms with Crippen LogP contribution in [0.3, 0.4) is 0 Å². The number of carbonyl (C=O) groups excluding carboxylic acids is 1. The smallest absolute Gasteiger partial charge is 0.319 e. The van der Waals surface area contributed by atoms with E-state index in [1.54, 1.807) is 10.9 Å². The Balaban J connectivity index is 1.42. The Labute approximate surface area is 179 Å². The fourth-order valence-corrected chi connectivity index (χ4v) is 3.28. The third-order valence-electron chi connectivity index (χ3n) is 4.89. The van der Waals surface area contributed by atoms with Gasteiger partial charge in [-0.15, -0.1) is 0 Å². The number of aryl methyl sites for hydroxylation is 1. The number of ether oxygens (including phenoxy) is 1. The van der Waals surface area contributed by atoms with E-state index in [0.29, 0.717) is 37.0 Å². The van der Waals surface area contributed by atoms with Crippen molar-refractivity contribution >= 4 is 17.5 Å². The van der Waals surface area contributed by atoms with Crippen molar-refractivity contribution in [1.29, 1.82) is 0 Å². The number of hydrogen-bond donors (Lipinski definition) is 2. The second kappa shape index (κ2) is 9.54. The lowest BCUT2D eigenvalue weighted by atomic mass is 10.2. The Morgan fingerprint density at radius 3 is 2.65 bits per heavy atom. The highest BCUT2D eigenvalue weighted by Gasteiger charge is 2.16. The third-order valence-corrected chi connectivity index (χ3v) is 4.89. The highest BCUT2D eigenvalue weighted by atomic mass is 16.5. The molecule has 2 aromatic heterocycles. The molecule has 0 atom stereocenters. The molecule has 10 nitrogen and oxygen atoms in total. The zero-order valence-corrected chi connectivity index (χ0v) is 17.3. The zero-order valence-electron chi connectivity index (χ0n) is 17.3. The summed E-state index contributed by atoms with van der Waals surface area (Å²) in [6.07, 6.45) is 3.57.